The summed E-state index contributed by atoms with van der Waals surface area (Å²) in [5.41, 5.74) is 1.59. The van der Waals surface area contributed by atoms with Crippen molar-refractivity contribution in [3.8, 4) is 0 Å². The summed E-state index contributed by atoms with van der Waals surface area (Å²) in [6.07, 6.45) is -3.86. The van der Waals surface area contributed by atoms with Crippen LogP contribution in [0.5, 0.6) is 0 Å². The minimum absolute atomic E-state index is 0.156. The lowest BCUT2D eigenvalue weighted by atomic mass is 10.2. The van der Waals surface area contributed by atoms with Gasteiger partial charge in [-0.3, -0.25) is 14.8 Å². The predicted octanol–water partition coefficient (Wildman–Crippen LogP) is 2.22. The van der Waals surface area contributed by atoms with E-state index in [0.717, 1.165) is 19.2 Å². The van der Waals surface area contributed by atoms with E-state index in [1.807, 2.05) is 0 Å². The molecular formula is C11H12F5N3O. The summed E-state index contributed by atoms with van der Waals surface area (Å²) >= 11 is 0. The zero-order valence-corrected chi connectivity index (χ0v) is 10.6. The number of carbonyl (C=O) groups excluding carboxylic acids is 1. The van der Waals surface area contributed by atoms with Crippen molar-refractivity contribution in [3.63, 3.8) is 0 Å². The quantitative estimate of drug-likeness (QED) is 0.684. The summed E-state index contributed by atoms with van der Waals surface area (Å²) in [6.45, 7) is 0.292. The monoisotopic (exact) mass is 297 g/mol. The molecule has 0 unspecified atom stereocenters. The SMILES string of the molecule is CN(NCc1ccc(C(F)(F)F)cn1)C(=O)C(C)(F)F. The van der Waals surface area contributed by atoms with Gasteiger partial charge in [0, 0.05) is 20.2 Å². The molecule has 0 saturated carbocycles. The zero-order valence-electron chi connectivity index (χ0n) is 10.6. The van der Waals surface area contributed by atoms with Crippen molar-refractivity contribution in [1.29, 1.82) is 0 Å². The molecule has 20 heavy (non-hydrogen) atoms. The molecule has 1 N–H and O–H groups in total. The average Bonchev–Trinajstić information content (AvgIpc) is 2.33. The largest absolute Gasteiger partial charge is 0.417 e. The highest BCUT2D eigenvalue weighted by atomic mass is 19.4. The minimum atomic E-state index is -4.49. The molecule has 0 aromatic carbocycles. The average molecular weight is 297 g/mol. The van der Waals surface area contributed by atoms with Gasteiger partial charge in [-0.2, -0.15) is 22.0 Å². The van der Waals surface area contributed by atoms with Crippen molar-refractivity contribution in [3.05, 3.63) is 29.6 Å². The van der Waals surface area contributed by atoms with Crippen LogP contribution >= 0.6 is 0 Å². The van der Waals surface area contributed by atoms with Crippen LogP contribution in [-0.4, -0.2) is 28.9 Å². The molecule has 0 bridgehead atoms. The maximum atomic E-state index is 12.7. The first-order valence-corrected chi connectivity index (χ1v) is 5.43. The molecule has 1 amide bonds. The Morgan fingerprint density at radius 2 is 1.90 bits per heavy atom. The second kappa shape index (κ2) is 5.70. The van der Waals surface area contributed by atoms with Gasteiger partial charge in [-0.1, -0.05) is 0 Å². The second-order valence-electron chi connectivity index (χ2n) is 4.12. The van der Waals surface area contributed by atoms with Gasteiger partial charge >= 0.3 is 18.0 Å². The number of amides is 1. The number of hydrazine groups is 1. The van der Waals surface area contributed by atoms with Crippen molar-refractivity contribution >= 4 is 5.91 Å². The van der Waals surface area contributed by atoms with Crippen molar-refractivity contribution in [2.45, 2.75) is 25.6 Å². The van der Waals surface area contributed by atoms with E-state index in [1.54, 1.807) is 0 Å². The van der Waals surface area contributed by atoms with Crippen molar-refractivity contribution in [1.82, 2.24) is 15.4 Å². The lowest BCUT2D eigenvalue weighted by Crippen LogP contribution is -2.46. The third kappa shape index (κ3) is 4.41. The van der Waals surface area contributed by atoms with Gasteiger partial charge in [-0.25, -0.2) is 5.43 Å². The Labute approximate surface area is 111 Å². The number of hydrogen-bond acceptors (Lipinski definition) is 3. The van der Waals surface area contributed by atoms with Crippen molar-refractivity contribution < 1.29 is 26.7 Å². The lowest BCUT2D eigenvalue weighted by Gasteiger charge is -2.21. The molecule has 0 fully saturated rings. The fraction of sp³-hybridized carbons (Fsp3) is 0.455. The Morgan fingerprint density at radius 1 is 1.30 bits per heavy atom. The van der Waals surface area contributed by atoms with Crippen LogP contribution < -0.4 is 5.43 Å². The Morgan fingerprint density at radius 3 is 2.30 bits per heavy atom. The van der Waals surface area contributed by atoms with Gasteiger partial charge in [0.2, 0.25) is 0 Å². The highest BCUT2D eigenvalue weighted by molar-refractivity contribution is 5.82. The van der Waals surface area contributed by atoms with E-state index in [9.17, 15) is 26.7 Å². The topological polar surface area (TPSA) is 45.2 Å². The van der Waals surface area contributed by atoms with Crippen LogP contribution in [0.25, 0.3) is 0 Å². The Hall–Kier alpha value is -1.77. The molecule has 0 radical (unpaired) electrons. The third-order valence-corrected chi connectivity index (χ3v) is 2.33. The Bertz CT molecular complexity index is 466. The van der Waals surface area contributed by atoms with Crippen molar-refractivity contribution in [2.24, 2.45) is 0 Å². The van der Waals surface area contributed by atoms with Crippen LogP contribution in [0.1, 0.15) is 18.2 Å². The van der Waals surface area contributed by atoms with E-state index in [4.69, 9.17) is 0 Å². The predicted molar refractivity (Wildman–Crippen MR) is 59.5 cm³/mol. The highest BCUT2D eigenvalue weighted by Crippen LogP contribution is 2.28. The number of alkyl halides is 5. The molecule has 9 heteroatoms. The van der Waals surface area contributed by atoms with E-state index in [-0.39, 0.29) is 12.2 Å². The first kappa shape index (κ1) is 16.3. The number of halogens is 5. The van der Waals surface area contributed by atoms with Gasteiger partial charge in [-0.15, -0.1) is 0 Å². The van der Waals surface area contributed by atoms with E-state index in [2.05, 4.69) is 10.4 Å². The van der Waals surface area contributed by atoms with E-state index < -0.39 is 23.6 Å². The molecular weight excluding hydrogens is 285 g/mol. The number of aromatic nitrogens is 1. The fourth-order valence-electron chi connectivity index (χ4n) is 1.26. The molecule has 112 valence electrons. The smallest absolute Gasteiger partial charge is 0.276 e. The van der Waals surface area contributed by atoms with Gasteiger partial charge in [0.1, 0.15) is 0 Å². The summed E-state index contributed by atoms with van der Waals surface area (Å²) < 4.78 is 62.2. The zero-order chi connectivity index (χ0) is 15.6. The number of nitrogens with zero attached hydrogens (tertiary/aromatic N) is 2. The Balaban J connectivity index is 2.61. The van der Waals surface area contributed by atoms with Gasteiger partial charge < -0.3 is 0 Å². The van der Waals surface area contributed by atoms with Crippen LogP contribution in [0.3, 0.4) is 0 Å². The van der Waals surface area contributed by atoms with Crippen LogP contribution in [0, 0.1) is 0 Å². The fourth-order valence-corrected chi connectivity index (χ4v) is 1.26. The second-order valence-corrected chi connectivity index (χ2v) is 4.12. The number of pyridine rings is 1. The molecule has 1 aromatic heterocycles. The molecule has 0 saturated heterocycles. The number of hydrogen-bond donors (Lipinski definition) is 1. The number of carbonyl (C=O) groups is 1. The highest BCUT2D eigenvalue weighted by Gasteiger charge is 2.35. The van der Waals surface area contributed by atoms with E-state index >= 15 is 0 Å². The first-order valence-electron chi connectivity index (χ1n) is 5.43. The van der Waals surface area contributed by atoms with Crippen LogP contribution in [0.15, 0.2) is 18.3 Å². The maximum absolute atomic E-state index is 12.7. The number of nitrogens with one attached hydrogen (secondary N) is 1. The summed E-state index contributed by atoms with van der Waals surface area (Å²) in [7, 11) is 1.09. The van der Waals surface area contributed by atoms with Gasteiger partial charge in [-0.05, 0) is 12.1 Å². The summed E-state index contributed by atoms with van der Waals surface area (Å²) in [5, 5.41) is 0.569. The Kier molecular flexibility index (Phi) is 4.64. The van der Waals surface area contributed by atoms with Gasteiger partial charge in [0.25, 0.3) is 0 Å². The normalized spacial score (nSPS) is 12.3. The molecule has 0 aliphatic carbocycles. The minimum Gasteiger partial charge on any atom is -0.276 e. The lowest BCUT2D eigenvalue weighted by molar-refractivity contribution is -0.156. The molecule has 4 nitrogen and oxygen atoms in total. The standard InChI is InChI=1S/C11H12F5N3O/c1-10(12,13)9(20)19(2)18-6-8-4-3-7(5-17-8)11(14,15)16/h3-5,18H,6H2,1-2H3. The summed E-state index contributed by atoms with van der Waals surface area (Å²) in [5.74, 6) is -4.99. The van der Waals surface area contributed by atoms with E-state index in [1.165, 1.54) is 0 Å². The van der Waals surface area contributed by atoms with Gasteiger partial charge in [0.15, 0.2) is 0 Å². The van der Waals surface area contributed by atoms with Crippen LogP contribution in [-0.2, 0) is 17.5 Å². The first-order chi connectivity index (χ1) is 9.01. The van der Waals surface area contributed by atoms with E-state index in [0.29, 0.717) is 18.1 Å². The maximum Gasteiger partial charge on any atom is 0.417 e. The van der Waals surface area contributed by atoms with Crippen LogP contribution in [0.4, 0.5) is 22.0 Å². The summed E-state index contributed by atoms with van der Waals surface area (Å²) in [6, 6.07) is 1.92. The molecule has 0 atom stereocenters. The molecule has 0 aliphatic rings. The van der Waals surface area contributed by atoms with Gasteiger partial charge in [0.05, 0.1) is 17.8 Å². The molecule has 1 heterocycles. The number of rotatable bonds is 4. The molecule has 1 aromatic rings. The third-order valence-electron chi connectivity index (χ3n) is 2.33. The van der Waals surface area contributed by atoms with Crippen LogP contribution in [0.2, 0.25) is 0 Å². The van der Waals surface area contributed by atoms with Crippen molar-refractivity contribution in [2.75, 3.05) is 7.05 Å². The molecule has 1 rings (SSSR count). The summed E-state index contributed by atoms with van der Waals surface area (Å²) in [4.78, 5) is 14.6. The molecule has 0 aliphatic heterocycles. The molecule has 0 spiro atoms.